The van der Waals surface area contributed by atoms with Crippen LogP contribution >= 0.6 is 0 Å². The van der Waals surface area contributed by atoms with Crippen molar-refractivity contribution in [1.82, 2.24) is 0 Å². The van der Waals surface area contributed by atoms with Gasteiger partial charge in [0.25, 0.3) is 0 Å². The Labute approximate surface area is 84.8 Å². The van der Waals surface area contributed by atoms with Gasteiger partial charge in [-0.2, -0.15) is 0 Å². The predicted octanol–water partition coefficient (Wildman–Crippen LogP) is 2.88. The molecule has 0 aliphatic rings. The van der Waals surface area contributed by atoms with Gasteiger partial charge >= 0.3 is 9.28 Å². The van der Waals surface area contributed by atoms with Gasteiger partial charge < -0.3 is 8.85 Å². The van der Waals surface area contributed by atoms with Crippen molar-refractivity contribution in [3.63, 3.8) is 0 Å². The Kier molecular flexibility index (Phi) is 14.0. The second-order valence-electron chi connectivity index (χ2n) is 2.66. The molecule has 0 aromatic rings. The molecule has 0 spiro atoms. The lowest BCUT2D eigenvalue weighted by Gasteiger charge is -2.19. The van der Waals surface area contributed by atoms with Gasteiger partial charge in [0.1, 0.15) is 0 Å². The van der Waals surface area contributed by atoms with Gasteiger partial charge in [0, 0.05) is 13.2 Å². The number of hydrogen-bond donors (Lipinski definition) is 0. The third-order valence-corrected chi connectivity index (χ3v) is 4.49. The van der Waals surface area contributed by atoms with Crippen LogP contribution in [0.15, 0.2) is 13.2 Å². The minimum Gasteiger partial charge on any atom is -0.397 e. The van der Waals surface area contributed by atoms with Crippen molar-refractivity contribution in [2.75, 3.05) is 13.2 Å². The van der Waals surface area contributed by atoms with Crippen molar-refractivity contribution >= 4 is 9.28 Å². The highest BCUT2D eigenvalue weighted by Crippen LogP contribution is 2.15. The summed E-state index contributed by atoms with van der Waals surface area (Å²) in [6.45, 7) is 16.0. The van der Waals surface area contributed by atoms with E-state index in [1.807, 2.05) is 13.8 Å². The van der Waals surface area contributed by atoms with Crippen molar-refractivity contribution in [3.8, 4) is 0 Å². The fraction of sp³-hybridized carbons (Fsp3) is 0.800. The van der Waals surface area contributed by atoms with Gasteiger partial charge in [-0.25, -0.2) is 0 Å². The summed E-state index contributed by atoms with van der Waals surface area (Å²) in [5, 5.41) is 0. The van der Waals surface area contributed by atoms with Gasteiger partial charge in [-0.3, -0.25) is 0 Å². The molecule has 0 rings (SSSR count). The zero-order valence-corrected chi connectivity index (χ0v) is 10.7. The molecular formula is C10H24O2Si. The highest BCUT2D eigenvalue weighted by molar-refractivity contribution is 6.46. The second kappa shape index (κ2) is 11.9. The van der Waals surface area contributed by atoms with Crippen molar-refractivity contribution in [2.45, 2.75) is 39.7 Å². The van der Waals surface area contributed by atoms with E-state index in [-0.39, 0.29) is 0 Å². The monoisotopic (exact) mass is 204 g/mol. The Balaban J connectivity index is 0. The molecule has 2 nitrogen and oxygen atoms in total. The molecule has 0 aromatic heterocycles. The lowest BCUT2D eigenvalue weighted by atomic mass is 10.4. The van der Waals surface area contributed by atoms with Gasteiger partial charge in [0.15, 0.2) is 0 Å². The molecule has 0 fully saturated rings. The predicted molar refractivity (Wildman–Crippen MR) is 61.4 cm³/mol. The summed E-state index contributed by atoms with van der Waals surface area (Å²) in [5.41, 5.74) is 0.634. The average molecular weight is 204 g/mol. The minimum absolute atomic E-state index is 0.634. The first-order chi connectivity index (χ1) is 6.26. The summed E-state index contributed by atoms with van der Waals surface area (Å²) in [6.07, 6.45) is 1.16. The zero-order chi connectivity index (χ0) is 10.7. The molecule has 1 unspecified atom stereocenters. The molecule has 0 N–H and O–H groups in total. The molecule has 0 saturated carbocycles. The van der Waals surface area contributed by atoms with Gasteiger partial charge in [-0.05, 0) is 19.4 Å². The molecule has 0 amide bonds. The highest BCUT2D eigenvalue weighted by Gasteiger charge is 2.18. The van der Waals surface area contributed by atoms with E-state index in [0.717, 1.165) is 19.6 Å². The largest absolute Gasteiger partial charge is 0.397 e. The molecule has 1 atom stereocenters. The first kappa shape index (κ1) is 15.4. The molecule has 0 aromatic carbocycles. The first-order valence-electron chi connectivity index (χ1n) is 4.99. The highest BCUT2D eigenvalue weighted by atomic mass is 28.3. The second-order valence-corrected chi connectivity index (χ2v) is 5.21. The molecule has 80 valence electrons. The Bertz CT molecular complexity index is 92.9. The summed E-state index contributed by atoms with van der Waals surface area (Å²) in [4.78, 5) is 0. The topological polar surface area (TPSA) is 18.5 Å². The maximum absolute atomic E-state index is 5.55. The Morgan fingerprint density at radius 1 is 1.08 bits per heavy atom. The third-order valence-electron chi connectivity index (χ3n) is 1.77. The zero-order valence-electron chi connectivity index (χ0n) is 9.51. The molecule has 0 saturated heterocycles. The maximum atomic E-state index is 5.55. The van der Waals surface area contributed by atoms with Crippen molar-refractivity contribution < 1.29 is 8.85 Å². The summed E-state index contributed by atoms with van der Waals surface area (Å²) in [6, 6.07) is 0. The van der Waals surface area contributed by atoms with E-state index >= 15 is 0 Å². The molecule has 3 heteroatoms. The van der Waals surface area contributed by atoms with Crippen molar-refractivity contribution in [3.05, 3.63) is 13.2 Å². The van der Waals surface area contributed by atoms with E-state index in [2.05, 4.69) is 27.0 Å². The Morgan fingerprint density at radius 3 is 1.69 bits per heavy atom. The van der Waals surface area contributed by atoms with Crippen LogP contribution < -0.4 is 0 Å². The van der Waals surface area contributed by atoms with Crippen LogP contribution in [-0.4, -0.2) is 22.5 Å². The fourth-order valence-corrected chi connectivity index (χ4v) is 2.69. The molecular weight excluding hydrogens is 180 g/mol. The fourth-order valence-electron chi connectivity index (χ4n) is 0.898. The van der Waals surface area contributed by atoms with Crippen LogP contribution in [0.3, 0.4) is 0 Å². The average Bonchev–Trinajstić information content (AvgIpc) is 2.19. The van der Waals surface area contributed by atoms with E-state index in [1.165, 1.54) is 0 Å². The minimum atomic E-state index is -1.33. The van der Waals surface area contributed by atoms with Crippen LogP contribution in [0.25, 0.3) is 0 Å². The molecule has 0 radical (unpaired) electrons. The van der Waals surface area contributed by atoms with E-state index in [1.54, 1.807) is 0 Å². The van der Waals surface area contributed by atoms with Gasteiger partial charge in [-0.1, -0.05) is 20.3 Å². The number of hydrogen-bond acceptors (Lipinski definition) is 2. The van der Waals surface area contributed by atoms with E-state index < -0.39 is 9.28 Å². The van der Waals surface area contributed by atoms with E-state index in [9.17, 15) is 0 Å². The van der Waals surface area contributed by atoms with Crippen LogP contribution in [0.1, 0.15) is 34.1 Å². The summed E-state index contributed by atoms with van der Waals surface area (Å²) in [5.74, 6) is 0. The van der Waals surface area contributed by atoms with E-state index in [0.29, 0.717) is 5.54 Å². The summed E-state index contributed by atoms with van der Waals surface area (Å²) in [7, 11) is -1.33. The van der Waals surface area contributed by atoms with E-state index in [4.69, 9.17) is 8.85 Å². The van der Waals surface area contributed by atoms with Gasteiger partial charge in [0.05, 0.1) is 0 Å². The van der Waals surface area contributed by atoms with Crippen LogP contribution in [-0.2, 0) is 8.85 Å². The van der Waals surface area contributed by atoms with Gasteiger partial charge in [0.2, 0.25) is 0 Å². The Morgan fingerprint density at radius 2 is 1.46 bits per heavy atom. The summed E-state index contributed by atoms with van der Waals surface area (Å²) >= 11 is 0. The number of rotatable bonds is 6. The molecule has 0 heterocycles. The molecule has 13 heavy (non-hydrogen) atoms. The van der Waals surface area contributed by atoms with Gasteiger partial charge in [-0.15, -0.1) is 13.2 Å². The third kappa shape index (κ3) is 8.21. The van der Waals surface area contributed by atoms with Crippen molar-refractivity contribution in [2.24, 2.45) is 0 Å². The quantitative estimate of drug-likeness (QED) is 0.489. The van der Waals surface area contributed by atoms with Crippen molar-refractivity contribution in [1.29, 1.82) is 0 Å². The lowest BCUT2D eigenvalue weighted by molar-refractivity contribution is 0.204. The molecule has 0 bridgehead atoms. The molecule has 0 aliphatic carbocycles. The van der Waals surface area contributed by atoms with Crippen LogP contribution in [0.4, 0.5) is 0 Å². The maximum Gasteiger partial charge on any atom is 0.324 e. The normalized spacial score (nSPS) is 12.1. The Hall–Kier alpha value is -0.123. The standard InChI is InChI=1S/C8H20O2Si.C2H4/c1-5-8(4)11(9-6-2)10-7-3;1-2/h8,11H,5-7H2,1-4H3;1-2H2. The SMILES string of the molecule is C=C.CCO[SiH](OCC)C(C)CC. The summed E-state index contributed by atoms with van der Waals surface area (Å²) < 4.78 is 11.1. The van der Waals surface area contributed by atoms with Crippen LogP contribution in [0.5, 0.6) is 0 Å². The molecule has 0 aliphatic heterocycles. The lowest BCUT2D eigenvalue weighted by Crippen LogP contribution is -2.27. The smallest absolute Gasteiger partial charge is 0.324 e. The van der Waals surface area contributed by atoms with Crippen LogP contribution in [0, 0.1) is 0 Å². The van der Waals surface area contributed by atoms with Crippen LogP contribution in [0.2, 0.25) is 5.54 Å². The first-order valence-corrected chi connectivity index (χ1v) is 6.60.